The zero-order valence-corrected chi connectivity index (χ0v) is 15.9. The zero-order chi connectivity index (χ0) is 19.5. The first-order chi connectivity index (χ1) is 13.7. The molecule has 0 bridgehead atoms. The molecule has 2 aromatic heterocycles. The first-order valence-corrected chi connectivity index (χ1v) is 9.12. The van der Waals surface area contributed by atoms with Gasteiger partial charge in [-0.15, -0.1) is 0 Å². The number of nitrogens with one attached hydrogen (secondary N) is 1. The van der Waals surface area contributed by atoms with Gasteiger partial charge in [0.2, 0.25) is 5.95 Å². The largest absolute Gasteiger partial charge is 0.395 e. The van der Waals surface area contributed by atoms with Crippen LogP contribution in [0.4, 0.5) is 17.5 Å². The number of aliphatic hydroxyl groups excluding tert-OH is 1. The first kappa shape index (κ1) is 17.9. The Labute approximate surface area is 163 Å². The van der Waals surface area contributed by atoms with E-state index in [1.54, 1.807) is 10.9 Å². The monoisotopic (exact) mass is 374 g/mol. The molecule has 7 heteroatoms. The number of hydrogen-bond acceptors (Lipinski definition) is 6. The summed E-state index contributed by atoms with van der Waals surface area (Å²) in [6.45, 7) is 2.51. The minimum Gasteiger partial charge on any atom is -0.395 e. The van der Waals surface area contributed by atoms with Crippen molar-refractivity contribution in [3.8, 4) is 5.69 Å². The summed E-state index contributed by atoms with van der Waals surface area (Å²) in [7, 11) is 1.86. The lowest BCUT2D eigenvalue weighted by molar-refractivity contribution is 0.303. The molecule has 28 heavy (non-hydrogen) atoms. The predicted octanol–water partition coefficient (Wildman–Crippen LogP) is 3.30. The molecule has 0 saturated carbocycles. The quantitative estimate of drug-likeness (QED) is 0.539. The van der Waals surface area contributed by atoms with Crippen molar-refractivity contribution in [1.82, 2.24) is 19.7 Å². The zero-order valence-electron chi connectivity index (χ0n) is 15.9. The van der Waals surface area contributed by atoms with Gasteiger partial charge >= 0.3 is 0 Å². The normalized spacial score (nSPS) is 11.0. The van der Waals surface area contributed by atoms with Crippen LogP contribution < -0.4 is 10.2 Å². The van der Waals surface area contributed by atoms with Gasteiger partial charge in [0.05, 0.1) is 23.9 Å². The molecular formula is C21H22N6O. The highest BCUT2D eigenvalue weighted by Gasteiger charge is 2.16. The number of aromatic nitrogens is 4. The van der Waals surface area contributed by atoms with Gasteiger partial charge in [-0.05, 0) is 36.8 Å². The van der Waals surface area contributed by atoms with E-state index in [4.69, 9.17) is 9.97 Å². The molecule has 4 rings (SSSR count). The van der Waals surface area contributed by atoms with E-state index in [9.17, 15) is 5.11 Å². The number of rotatable bonds is 6. The molecule has 2 N–H and O–H groups in total. The lowest BCUT2D eigenvalue weighted by Gasteiger charge is -2.17. The third-order valence-electron chi connectivity index (χ3n) is 4.48. The second-order valence-electron chi connectivity index (χ2n) is 6.64. The molecule has 0 saturated heterocycles. The Bertz CT molecular complexity index is 1090. The van der Waals surface area contributed by atoms with Gasteiger partial charge in [0.25, 0.3) is 0 Å². The van der Waals surface area contributed by atoms with Gasteiger partial charge in [-0.3, -0.25) is 0 Å². The number of aryl methyl sites for hydroxylation is 1. The minimum absolute atomic E-state index is 0.0243. The second kappa shape index (κ2) is 7.66. The van der Waals surface area contributed by atoms with E-state index in [1.165, 1.54) is 0 Å². The standard InChI is InChI=1S/C21H22N6O/c1-15-7-6-8-16(13-15)23-19-18-14-22-27(17-9-4-3-5-10-17)20(18)25-21(24-19)26(2)11-12-28/h3-10,13-14,28H,11-12H2,1-2H3,(H,23,24,25). The van der Waals surface area contributed by atoms with Crippen LogP contribution >= 0.6 is 0 Å². The number of hydrogen-bond donors (Lipinski definition) is 2. The lowest BCUT2D eigenvalue weighted by atomic mass is 10.2. The fourth-order valence-corrected chi connectivity index (χ4v) is 3.03. The number of fused-ring (bicyclic) bond motifs is 1. The van der Waals surface area contributed by atoms with Crippen LogP contribution in [0, 0.1) is 6.92 Å². The van der Waals surface area contributed by atoms with E-state index in [0.717, 1.165) is 22.3 Å². The third kappa shape index (κ3) is 3.52. The number of para-hydroxylation sites is 1. The molecule has 0 spiro atoms. The van der Waals surface area contributed by atoms with Gasteiger partial charge in [-0.2, -0.15) is 15.1 Å². The van der Waals surface area contributed by atoms with E-state index >= 15 is 0 Å². The van der Waals surface area contributed by atoms with Crippen LogP contribution in [-0.2, 0) is 0 Å². The van der Waals surface area contributed by atoms with E-state index in [0.29, 0.717) is 24.0 Å². The van der Waals surface area contributed by atoms with Crippen molar-refractivity contribution < 1.29 is 5.11 Å². The van der Waals surface area contributed by atoms with Crippen LogP contribution in [-0.4, -0.2) is 45.1 Å². The second-order valence-corrected chi connectivity index (χ2v) is 6.64. The average molecular weight is 374 g/mol. The number of benzene rings is 2. The van der Waals surface area contributed by atoms with Crippen molar-refractivity contribution in [1.29, 1.82) is 0 Å². The van der Waals surface area contributed by atoms with Crippen molar-refractivity contribution in [3.63, 3.8) is 0 Å². The Hall–Kier alpha value is -3.45. The van der Waals surface area contributed by atoms with E-state index in [2.05, 4.69) is 29.5 Å². The number of aliphatic hydroxyl groups is 1. The molecule has 2 heterocycles. The summed E-state index contributed by atoms with van der Waals surface area (Å²) in [5.74, 6) is 1.20. The first-order valence-electron chi connectivity index (χ1n) is 9.12. The maximum Gasteiger partial charge on any atom is 0.229 e. The summed E-state index contributed by atoms with van der Waals surface area (Å²) in [6.07, 6.45) is 1.77. The molecule has 0 aliphatic carbocycles. The minimum atomic E-state index is 0.0243. The molecule has 0 aliphatic rings. The van der Waals surface area contributed by atoms with Gasteiger partial charge in [-0.1, -0.05) is 30.3 Å². The highest BCUT2D eigenvalue weighted by atomic mass is 16.3. The van der Waals surface area contributed by atoms with Gasteiger partial charge in [0, 0.05) is 19.3 Å². The average Bonchev–Trinajstić information content (AvgIpc) is 3.13. The summed E-state index contributed by atoms with van der Waals surface area (Å²) < 4.78 is 1.80. The van der Waals surface area contributed by atoms with Crippen LogP contribution in [0.2, 0.25) is 0 Å². The molecule has 7 nitrogen and oxygen atoms in total. The van der Waals surface area contributed by atoms with Crippen LogP contribution in [0.15, 0.2) is 60.8 Å². The molecule has 0 radical (unpaired) electrons. The van der Waals surface area contributed by atoms with E-state index < -0.39 is 0 Å². The molecule has 0 amide bonds. The van der Waals surface area contributed by atoms with Gasteiger partial charge < -0.3 is 15.3 Å². The third-order valence-corrected chi connectivity index (χ3v) is 4.48. The Morgan fingerprint density at radius 2 is 1.89 bits per heavy atom. The summed E-state index contributed by atoms with van der Waals surface area (Å²) in [6, 6.07) is 18.0. The van der Waals surface area contributed by atoms with Gasteiger partial charge in [0.1, 0.15) is 5.82 Å². The van der Waals surface area contributed by atoms with Crippen molar-refractivity contribution in [3.05, 3.63) is 66.4 Å². The van der Waals surface area contributed by atoms with E-state index in [-0.39, 0.29) is 6.61 Å². The fraction of sp³-hybridized carbons (Fsp3) is 0.190. The summed E-state index contributed by atoms with van der Waals surface area (Å²) in [5.41, 5.74) is 3.74. The smallest absolute Gasteiger partial charge is 0.229 e. The van der Waals surface area contributed by atoms with Crippen molar-refractivity contribution in [2.75, 3.05) is 30.4 Å². The predicted molar refractivity (Wildman–Crippen MR) is 111 cm³/mol. The van der Waals surface area contributed by atoms with Crippen molar-refractivity contribution in [2.45, 2.75) is 6.92 Å². The molecule has 0 atom stereocenters. The number of likely N-dealkylation sites (N-methyl/N-ethyl adjacent to an activating group) is 1. The Balaban J connectivity index is 1.86. The molecule has 2 aromatic carbocycles. The van der Waals surface area contributed by atoms with Crippen molar-refractivity contribution in [2.24, 2.45) is 0 Å². The number of nitrogens with zero attached hydrogens (tertiary/aromatic N) is 5. The fourth-order valence-electron chi connectivity index (χ4n) is 3.03. The highest BCUT2D eigenvalue weighted by molar-refractivity contribution is 5.90. The summed E-state index contributed by atoms with van der Waals surface area (Å²) >= 11 is 0. The molecule has 0 aliphatic heterocycles. The molecule has 4 aromatic rings. The van der Waals surface area contributed by atoms with Gasteiger partial charge in [-0.25, -0.2) is 4.68 Å². The van der Waals surface area contributed by atoms with Gasteiger partial charge in [0.15, 0.2) is 5.65 Å². The maximum atomic E-state index is 9.31. The lowest BCUT2D eigenvalue weighted by Crippen LogP contribution is -2.23. The SMILES string of the molecule is Cc1cccc(Nc2nc(N(C)CCO)nc3c2cnn3-c2ccccc2)c1. The Morgan fingerprint density at radius 1 is 1.07 bits per heavy atom. The maximum absolute atomic E-state index is 9.31. The van der Waals surface area contributed by atoms with Crippen LogP contribution in [0.3, 0.4) is 0 Å². The molecular weight excluding hydrogens is 352 g/mol. The highest BCUT2D eigenvalue weighted by Crippen LogP contribution is 2.28. The Kier molecular flexibility index (Phi) is 4.90. The summed E-state index contributed by atoms with van der Waals surface area (Å²) in [5, 5.41) is 18.1. The van der Waals surface area contributed by atoms with Crippen LogP contribution in [0.25, 0.3) is 16.7 Å². The molecule has 0 unspecified atom stereocenters. The van der Waals surface area contributed by atoms with Crippen LogP contribution in [0.5, 0.6) is 0 Å². The topological polar surface area (TPSA) is 79.1 Å². The molecule has 0 fully saturated rings. The molecule has 142 valence electrons. The number of anilines is 3. The van der Waals surface area contributed by atoms with Crippen molar-refractivity contribution >= 4 is 28.5 Å². The van der Waals surface area contributed by atoms with E-state index in [1.807, 2.05) is 54.4 Å². The van der Waals surface area contributed by atoms with Crippen LogP contribution in [0.1, 0.15) is 5.56 Å². The summed E-state index contributed by atoms with van der Waals surface area (Å²) in [4.78, 5) is 11.2. The Morgan fingerprint density at radius 3 is 2.64 bits per heavy atom.